The number of hydrogen-bond acceptors (Lipinski definition) is 7. The van der Waals surface area contributed by atoms with Crippen LogP contribution in [-0.4, -0.2) is 51.4 Å². The van der Waals surface area contributed by atoms with Gasteiger partial charge in [0.2, 0.25) is 0 Å². The van der Waals surface area contributed by atoms with Crippen molar-refractivity contribution in [3.05, 3.63) is 54.1 Å². The zero-order valence-corrected chi connectivity index (χ0v) is 16.3. The first-order valence-electron chi connectivity index (χ1n) is 8.77. The molecule has 0 heterocycles. The van der Waals surface area contributed by atoms with E-state index in [2.05, 4.69) is 21.8 Å². The molecule has 0 aliphatic rings. The second-order valence-corrected chi connectivity index (χ2v) is 6.17. The van der Waals surface area contributed by atoms with E-state index in [1.807, 2.05) is 43.3 Å². The van der Waals surface area contributed by atoms with E-state index in [4.69, 9.17) is 10.1 Å². The summed E-state index contributed by atoms with van der Waals surface area (Å²) in [6.07, 6.45) is 1.11. The van der Waals surface area contributed by atoms with E-state index >= 15 is 0 Å². The standard InChI is InChI=1S/C19H27N7O2/c1-25(2)13-12-21-19(27)15-8-10-16(11-9-15)26(14-20)24-23-22-17-6-4-5-7-18(17)28-3/h4-11,14,20,22-24H,12-13H2,1-3H3,(H,21,27). The average Bonchev–Trinajstić information content (AvgIpc) is 2.71. The fourth-order valence-corrected chi connectivity index (χ4v) is 2.34. The molecule has 0 radical (unpaired) electrons. The number of rotatable bonds is 11. The van der Waals surface area contributed by atoms with E-state index in [1.165, 1.54) is 5.01 Å². The van der Waals surface area contributed by atoms with E-state index in [0.29, 0.717) is 23.5 Å². The predicted octanol–water partition coefficient (Wildman–Crippen LogP) is 1.44. The van der Waals surface area contributed by atoms with Gasteiger partial charge in [-0.25, -0.2) is 0 Å². The maximum atomic E-state index is 12.1. The van der Waals surface area contributed by atoms with Crippen LogP contribution in [0.3, 0.4) is 0 Å². The van der Waals surface area contributed by atoms with Crippen LogP contribution < -0.4 is 31.6 Å². The lowest BCUT2D eigenvalue weighted by atomic mass is 10.2. The van der Waals surface area contributed by atoms with E-state index in [1.54, 1.807) is 31.4 Å². The molecule has 0 spiro atoms. The number of ether oxygens (including phenoxy) is 1. The molecule has 2 aromatic carbocycles. The minimum absolute atomic E-state index is 0.126. The molecule has 0 aliphatic heterocycles. The molecular weight excluding hydrogens is 358 g/mol. The van der Waals surface area contributed by atoms with Gasteiger partial charge in [0.15, 0.2) is 0 Å². The third kappa shape index (κ3) is 6.23. The van der Waals surface area contributed by atoms with Crippen molar-refractivity contribution in [2.45, 2.75) is 0 Å². The molecule has 0 bridgehead atoms. The Morgan fingerprint density at radius 2 is 1.86 bits per heavy atom. The lowest BCUT2D eigenvalue weighted by Crippen LogP contribution is -2.49. The van der Waals surface area contributed by atoms with Crippen molar-refractivity contribution in [3.8, 4) is 5.75 Å². The Morgan fingerprint density at radius 1 is 1.14 bits per heavy atom. The van der Waals surface area contributed by atoms with Gasteiger partial charge in [0.05, 0.1) is 18.5 Å². The van der Waals surface area contributed by atoms with E-state index in [-0.39, 0.29) is 5.91 Å². The number of hydrazine groups is 3. The number of nitrogens with one attached hydrogen (secondary N) is 5. The second-order valence-electron chi connectivity index (χ2n) is 6.17. The Labute approximate surface area is 165 Å². The Kier molecular flexibility index (Phi) is 8.22. The number of hydrogen-bond donors (Lipinski definition) is 5. The number of benzene rings is 2. The third-order valence-electron chi connectivity index (χ3n) is 3.86. The molecule has 0 aromatic heterocycles. The lowest BCUT2D eigenvalue weighted by molar-refractivity contribution is 0.0951. The number of amides is 1. The summed E-state index contributed by atoms with van der Waals surface area (Å²) in [5, 5.41) is 11.9. The molecule has 28 heavy (non-hydrogen) atoms. The summed E-state index contributed by atoms with van der Waals surface area (Å²) >= 11 is 0. The fraction of sp³-hybridized carbons (Fsp3) is 0.263. The topological polar surface area (TPSA) is 105 Å². The molecule has 0 saturated heterocycles. The van der Waals surface area contributed by atoms with Crippen LogP contribution in [-0.2, 0) is 0 Å². The number of likely N-dealkylation sites (N-methyl/N-ethyl adjacent to an activating group) is 1. The molecule has 2 aromatic rings. The summed E-state index contributed by atoms with van der Waals surface area (Å²) in [5.41, 5.74) is 10.6. The van der Waals surface area contributed by atoms with Crippen molar-refractivity contribution in [2.75, 3.05) is 44.7 Å². The highest BCUT2D eigenvalue weighted by atomic mass is 16.5. The van der Waals surface area contributed by atoms with Gasteiger partial charge in [0, 0.05) is 18.7 Å². The molecule has 9 heteroatoms. The van der Waals surface area contributed by atoms with Crippen LogP contribution in [0, 0.1) is 5.41 Å². The van der Waals surface area contributed by atoms with Gasteiger partial charge in [0.25, 0.3) is 5.91 Å². The number of nitrogens with zero attached hydrogens (tertiary/aromatic N) is 2. The number of para-hydroxylation sites is 2. The molecule has 9 nitrogen and oxygen atoms in total. The van der Waals surface area contributed by atoms with Gasteiger partial charge in [-0.2, -0.15) is 5.53 Å². The molecular formula is C19H27N7O2. The van der Waals surface area contributed by atoms with Gasteiger partial charge in [-0.3, -0.25) is 15.2 Å². The Balaban J connectivity index is 1.89. The summed E-state index contributed by atoms with van der Waals surface area (Å²) in [5.74, 6) is 0.557. The molecule has 0 atom stereocenters. The fourth-order valence-electron chi connectivity index (χ4n) is 2.34. The van der Waals surface area contributed by atoms with Crippen LogP contribution in [0.5, 0.6) is 5.75 Å². The van der Waals surface area contributed by atoms with Crippen LogP contribution in [0.25, 0.3) is 0 Å². The summed E-state index contributed by atoms with van der Waals surface area (Å²) < 4.78 is 5.26. The summed E-state index contributed by atoms with van der Waals surface area (Å²) in [6.45, 7) is 1.36. The Morgan fingerprint density at radius 3 is 2.50 bits per heavy atom. The van der Waals surface area contributed by atoms with E-state index in [9.17, 15) is 4.79 Å². The van der Waals surface area contributed by atoms with Crippen molar-refractivity contribution in [3.63, 3.8) is 0 Å². The van der Waals surface area contributed by atoms with E-state index < -0.39 is 0 Å². The summed E-state index contributed by atoms with van der Waals surface area (Å²) in [4.78, 5) is 14.1. The van der Waals surface area contributed by atoms with Crippen molar-refractivity contribution in [1.29, 1.82) is 5.41 Å². The smallest absolute Gasteiger partial charge is 0.251 e. The van der Waals surface area contributed by atoms with E-state index in [0.717, 1.165) is 18.6 Å². The number of carbonyl (C=O) groups excluding carboxylic acids is 1. The van der Waals surface area contributed by atoms with Crippen molar-refractivity contribution in [2.24, 2.45) is 0 Å². The summed E-state index contributed by atoms with van der Waals surface area (Å²) in [6, 6.07) is 14.4. The van der Waals surface area contributed by atoms with Crippen molar-refractivity contribution < 1.29 is 9.53 Å². The highest BCUT2D eigenvalue weighted by molar-refractivity contribution is 5.94. The molecule has 0 fully saturated rings. The SMILES string of the molecule is COc1ccccc1NNNN(C=N)c1ccc(C(=O)NCCN(C)C)cc1. The Hall–Kier alpha value is -3.14. The van der Waals surface area contributed by atoms with Crippen molar-refractivity contribution >= 4 is 23.6 Å². The molecule has 1 amide bonds. The van der Waals surface area contributed by atoms with Crippen LogP contribution in [0.15, 0.2) is 48.5 Å². The van der Waals surface area contributed by atoms with Gasteiger partial charge in [-0.15, -0.1) is 5.53 Å². The zero-order chi connectivity index (χ0) is 20.4. The van der Waals surface area contributed by atoms with Crippen LogP contribution in [0.4, 0.5) is 11.4 Å². The first-order valence-corrected chi connectivity index (χ1v) is 8.77. The van der Waals surface area contributed by atoms with Crippen molar-refractivity contribution in [1.82, 2.24) is 21.3 Å². The highest BCUT2D eigenvalue weighted by Crippen LogP contribution is 2.21. The zero-order valence-electron chi connectivity index (χ0n) is 16.3. The molecule has 0 aliphatic carbocycles. The number of methoxy groups -OCH3 is 1. The minimum atomic E-state index is -0.126. The largest absolute Gasteiger partial charge is 0.495 e. The maximum Gasteiger partial charge on any atom is 0.251 e. The first-order chi connectivity index (χ1) is 13.5. The molecule has 0 unspecified atom stereocenters. The predicted molar refractivity (Wildman–Crippen MR) is 111 cm³/mol. The second kappa shape index (κ2) is 10.9. The Bertz CT molecular complexity index is 765. The maximum absolute atomic E-state index is 12.1. The van der Waals surface area contributed by atoms with Crippen LogP contribution in [0.2, 0.25) is 0 Å². The van der Waals surface area contributed by atoms with Crippen LogP contribution >= 0.6 is 0 Å². The molecule has 5 N–H and O–H groups in total. The highest BCUT2D eigenvalue weighted by Gasteiger charge is 2.08. The lowest BCUT2D eigenvalue weighted by Gasteiger charge is -2.22. The van der Waals surface area contributed by atoms with Crippen LogP contribution in [0.1, 0.15) is 10.4 Å². The quantitative estimate of drug-likeness (QED) is 0.226. The third-order valence-corrected chi connectivity index (χ3v) is 3.86. The monoisotopic (exact) mass is 385 g/mol. The average molecular weight is 385 g/mol. The van der Waals surface area contributed by atoms with Gasteiger partial charge >= 0.3 is 0 Å². The molecule has 2 rings (SSSR count). The normalized spacial score (nSPS) is 10.4. The number of carbonyl (C=O) groups is 1. The van der Waals surface area contributed by atoms with Gasteiger partial charge in [-0.05, 0) is 50.5 Å². The van der Waals surface area contributed by atoms with Gasteiger partial charge in [0.1, 0.15) is 12.1 Å². The van der Waals surface area contributed by atoms with Gasteiger partial charge in [-0.1, -0.05) is 12.1 Å². The minimum Gasteiger partial charge on any atom is -0.495 e. The molecule has 150 valence electrons. The summed E-state index contributed by atoms with van der Waals surface area (Å²) in [7, 11) is 5.50. The van der Waals surface area contributed by atoms with Gasteiger partial charge < -0.3 is 20.4 Å². The number of anilines is 2. The molecule has 0 saturated carbocycles. The first kappa shape index (κ1) is 21.2.